The molecular weight excluding hydrogens is 600 g/mol. The van der Waals surface area contributed by atoms with Crippen molar-refractivity contribution >= 4 is 21.8 Å². The summed E-state index contributed by atoms with van der Waals surface area (Å²) >= 11 is 0. The fraction of sp³-hybridized carbons (Fsp3) is 0.515. The van der Waals surface area contributed by atoms with Gasteiger partial charge in [0.2, 0.25) is 0 Å². The van der Waals surface area contributed by atoms with E-state index in [9.17, 15) is 28.1 Å². The second-order valence-corrected chi connectivity index (χ2v) is 12.1. The SMILES string of the molecule is CCC(=O)OC/C(C1=CCC=C(S(C)(=O)=O)C=C1)=C(\C(=O)OCCCN(CC)CC)C1=CC=CC=CC1.CCCCO[N+](=O)[O-]. The molecule has 0 aromatic carbocycles. The van der Waals surface area contributed by atoms with Gasteiger partial charge in [-0.2, -0.15) is 0 Å². The van der Waals surface area contributed by atoms with Crippen molar-refractivity contribution in [1.82, 2.24) is 4.90 Å². The molecule has 45 heavy (non-hydrogen) atoms. The highest BCUT2D eigenvalue weighted by atomic mass is 32.2. The molecule has 0 unspecified atom stereocenters. The Balaban J connectivity index is 0.00000111. The number of rotatable bonds is 17. The van der Waals surface area contributed by atoms with Crippen molar-refractivity contribution in [2.75, 3.05) is 45.7 Å². The molecular formula is C33H48N2O9S. The average Bonchev–Trinajstić information content (AvgIpc) is 3.43. The zero-order chi connectivity index (χ0) is 33.7. The van der Waals surface area contributed by atoms with E-state index in [-0.39, 0.29) is 31.1 Å². The quantitative estimate of drug-likeness (QED) is 0.0628. The maximum atomic E-state index is 13.6. The fourth-order valence-corrected chi connectivity index (χ4v) is 4.94. The summed E-state index contributed by atoms with van der Waals surface area (Å²) in [6.07, 6.45) is 20.6. The molecule has 0 saturated carbocycles. The summed E-state index contributed by atoms with van der Waals surface area (Å²) in [4.78, 5) is 41.6. The highest BCUT2D eigenvalue weighted by Gasteiger charge is 2.24. The Morgan fingerprint density at radius 2 is 1.71 bits per heavy atom. The van der Waals surface area contributed by atoms with Gasteiger partial charge in [-0.25, -0.2) is 13.2 Å². The van der Waals surface area contributed by atoms with Gasteiger partial charge in [0, 0.05) is 24.8 Å². The molecule has 0 saturated heterocycles. The Morgan fingerprint density at radius 1 is 0.978 bits per heavy atom. The second kappa shape index (κ2) is 21.9. The molecule has 0 spiro atoms. The van der Waals surface area contributed by atoms with Gasteiger partial charge >= 0.3 is 11.9 Å². The molecule has 0 radical (unpaired) electrons. The lowest BCUT2D eigenvalue weighted by molar-refractivity contribution is -0.757. The van der Waals surface area contributed by atoms with Crippen molar-refractivity contribution < 1.29 is 37.4 Å². The highest BCUT2D eigenvalue weighted by Crippen LogP contribution is 2.29. The van der Waals surface area contributed by atoms with Crippen molar-refractivity contribution in [3.05, 3.63) is 92.0 Å². The molecule has 11 nitrogen and oxygen atoms in total. The fourth-order valence-electron chi connectivity index (χ4n) is 4.22. The van der Waals surface area contributed by atoms with Gasteiger partial charge in [0.25, 0.3) is 5.09 Å². The van der Waals surface area contributed by atoms with Gasteiger partial charge in [0.1, 0.15) is 6.61 Å². The number of unbranched alkanes of at least 4 members (excludes halogenated alkanes) is 1. The van der Waals surface area contributed by atoms with Crippen LogP contribution in [-0.2, 0) is 33.7 Å². The molecule has 2 aliphatic carbocycles. The average molecular weight is 649 g/mol. The van der Waals surface area contributed by atoms with E-state index in [1.54, 1.807) is 19.1 Å². The lowest BCUT2D eigenvalue weighted by Crippen LogP contribution is -2.25. The third-order valence-corrected chi connectivity index (χ3v) is 7.95. The van der Waals surface area contributed by atoms with Crippen molar-refractivity contribution in [2.24, 2.45) is 0 Å². The summed E-state index contributed by atoms with van der Waals surface area (Å²) in [5, 5.41) is 8.69. The largest absolute Gasteiger partial charge is 0.462 e. The van der Waals surface area contributed by atoms with Gasteiger partial charge in [-0.15, -0.1) is 10.1 Å². The Kier molecular flexibility index (Phi) is 19.1. The Labute approximate surface area is 267 Å². The zero-order valence-electron chi connectivity index (χ0n) is 27.2. The standard InChI is InChI=1S/C29H39NO6S.C4H9NO3/c1-5-27(31)36-22-26(23-16-12-17-25(19-18-23)37(4,33)34)28(24-14-10-8-9-11-15-24)29(32)35-21-13-20-30(6-2)7-3;1-2-3-4-8-5(6)7/h8-11,14,16-19H,5-7,12-13,15,20-22H2,1-4H3;2-4H2,1H3/b28-26+;. The summed E-state index contributed by atoms with van der Waals surface area (Å²) in [7, 11) is -3.40. The molecule has 0 heterocycles. The van der Waals surface area contributed by atoms with Crippen LogP contribution in [0.4, 0.5) is 0 Å². The summed E-state index contributed by atoms with van der Waals surface area (Å²) in [6, 6.07) is 0. The van der Waals surface area contributed by atoms with Gasteiger partial charge < -0.3 is 19.2 Å². The minimum atomic E-state index is -3.40. The molecule has 2 aliphatic rings. The third-order valence-electron chi connectivity index (χ3n) is 6.79. The van der Waals surface area contributed by atoms with E-state index in [0.717, 1.165) is 44.3 Å². The zero-order valence-corrected chi connectivity index (χ0v) is 28.0. The second-order valence-electron chi connectivity index (χ2n) is 10.1. The monoisotopic (exact) mass is 648 g/mol. The highest BCUT2D eigenvalue weighted by molar-refractivity contribution is 7.94. The van der Waals surface area contributed by atoms with Crippen LogP contribution in [0.1, 0.15) is 66.2 Å². The molecule has 0 fully saturated rings. The molecule has 0 aromatic rings. The van der Waals surface area contributed by atoms with E-state index in [1.807, 2.05) is 43.4 Å². The maximum Gasteiger partial charge on any atom is 0.338 e. The molecule has 250 valence electrons. The Hall–Kier alpha value is -3.77. The van der Waals surface area contributed by atoms with Gasteiger partial charge in [-0.1, -0.05) is 82.7 Å². The predicted octanol–water partition coefficient (Wildman–Crippen LogP) is 5.76. The first-order valence-electron chi connectivity index (χ1n) is 15.3. The van der Waals surface area contributed by atoms with E-state index in [1.165, 1.54) is 6.08 Å². The number of carbonyl (C=O) groups is 2. The summed E-state index contributed by atoms with van der Waals surface area (Å²) in [6.45, 7) is 10.9. The number of hydrogen-bond acceptors (Lipinski definition) is 10. The van der Waals surface area contributed by atoms with Crippen LogP contribution in [0.2, 0.25) is 0 Å². The minimum Gasteiger partial charge on any atom is -0.462 e. The number of esters is 2. The van der Waals surface area contributed by atoms with Gasteiger partial charge in [-0.3, -0.25) is 4.79 Å². The van der Waals surface area contributed by atoms with Crippen LogP contribution >= 0.6 is 0 Å². The van der Waals surface area contributed by atoms with E-state index in [0.29, 0.717) is 36.0 Å². The van der Waals surface area contributed by atoms with Crippen LogP contribution in [0.25, 0.3) is 0 Å². The first-order chi connectivity index (χ1) is 21.5. The number of allylic oxidation sites excluding steroid dienone is 9. The van der Waals surface area contributed by atoms with Crippen LogP contribution in [0.3, 0.4) is 0 Å². The number of sulfone groups is 1. The van der Waals surface area contributed by atoms with E-state index in [4.69, 9.17) is 9.47 Å². The molecule has 0 bridgehead atoms. The van der Waals surface area contributed by atoms with Gasteiger partial charge in [0.15, 0.2) is 9.84 Å². The topological polar surface area (TPSA) is 142 Å². The van der Waals surface area contributed by atoms with Crippen LogP contribution < -0.4 is 0 Å². The number of hydrogen-bond donors (Lipinski definition) is 0. The van der Waals surface area contributed by atoms with E-state index >= 15 is 0 Å². The van der Waals surface area contributed by atoms with Crippen LogP contribution in [0.15, 0.2) is 81.9 Å². The van der Waals surface area contributed by atoms with Crippen molar-refractivity contribution in [2.45, 2.75) is 66.2 Å². The lowest BCUT2D eigenvalue weighted by Gasteiger charge is -2.20. The summed E-state index contributed by atoms with van der Waals surface area (Å²) in [5.74, 6) is -0.890. The number of nitrogens with zero attached hydrogens (tertiary/aromatic N) is 2. The molecule has 0 amide bonds. The van der Waals surface area contributed by atoms with Crippen LogP contribution in [-0.4, -0.2) is 76.1 Å². The molecule has 0 N–H and O–H groups in total. The molecule has 2 rings (SSSR count). The summed E-state index contributed by atoms with van der Waals surface area (Å²) in [5.41, 5.74) is 2.18. The molecule has 12 heteroatoms. The lowest BCUT2D eigenvalue weighted by atomic mass is 9.92. The molecule has 0 aliphatic heterocycles. The Bertz CT molecular complexity index is 1320. The van der Waals surface area contributed by atoms with Crippen molar-refractivity contribution in [3.63, 3.8) is 0 Å². The molecule has 0 aromatic heterocycles. The van der Waals surface area contributed by atoms with Gasteiger partial charge in [-0.05, 0) is 56.0 Å². The van der Waals surface area contributed by atoms with Crippen LogP contribution in [0, 0.1) is 10.1 Å². The van der Waals surface area contributed by atoms with E-state index in [2.05, 4.69) is 23.6 Å². The van der Waals surface area contributed by atoms with Crippen molar-refractivity contribution in [1.29, 1.82) is 0 Å². The maximum absolute atomic E-state index is 13.6. The smallest absolute Gasteiger partial charge is 0.338 e. The van der Waals surface area contributed by atoms with Gasteiger partial charge in [0.05, 0.1) is 23.7 Å². The first kappa shape index (κ1) is 39.3. The van der Waals surface area contributed by atoms with Crippen molar-refractivity contribution in [3.8, 4) is 0 Å². The van der Waals surface area contributed by atoms with Crippen LogP contribution in [0.5, 0.6) is 0 Å². The van der Waals surface area contributed by atoms with E-state index < -0.39 is 26.9 Å². The predicted molar refractivity (Wildman–Crippen MR) is 175 cm³/mol. The third kappa shape index (κ3) is 15.7. The number of carbonyl (C=O) groups excluding carboxylic acids is 2. The number of ether oxygens (including phenoxy) is 2. The minimum absolute atomic E-state index is 0.133. The Morgan fingerprint density at radius 3 is 2.33 bits per heavy atom. The molecule has 0 atom stereocenters. The normalized spacial score (nSPS) is 14.9. The summed E-state index contributed by atoms with van der Waals surface area (Å²) < 4.78 is 35.5. The first-order valence-corrected chi connectivity index (χ1v) is 17.2.